The second-order valence-corrected chi connectivity index (χ2v) is 12.0. The van der Waals surface area contributed by atoms with Gasteiger partial charge in [0.1, 0.15) is 23.6 Å². The number of hydrogen-bond donors (Lipinski definition) is 11. The minimum atomic E-state index is -1.21. The van der Waals surface area contributed by atoms with Gasteiger partial charge in [-0.05, 0) is 99.4 Å². The Kier molecular flexibility index (Phi) is 15.0. The van der Waals surface area contributed by atoms with E-state index in [4.69, 9.17) is 11.5 Å². The molecule has 0 radical (unpaired) electrons. The van der Waals surface area contributed by atoms with E-state index < -0.39 is 53.9 Å². The predicted octanol–water partition coefficient (Wildman–Crippen LogP) is -1.92. The number of carbonyl (C=O) groups is 4. The summed E-state index contributed by atoms with van der Waals surface area (Å²) in [6.07, 6.45) is 0.610. The fourth-order valence-corrected chi connectivity index (χ4v) is 5.36. The molecule has 4 bridgehead atoms. The maximum Gasteiger partial charge on any atom is 0.243 e. The zero-order valence-electron chi connectivity index (χ0n) is 27.6. The van der Waals surface area contributed by atoms with Crippen LogP contribution >= 0.6 is 0 Å². The van der Waals surface area contributed by atoms with Crippen molar-refractivity contribution >= 4 is 23.6 Å². The Labute approximate surface area is 280 Å². The minimum absolute atomic E-state index is 0.00589. The van der Waals surface area contributed by atoms with E-state index in [9.17, 15) is 34.5 Å². The van der Waals surface area contributed by atoms with Crippen molar-refractivity contribution in [3.63, 3.8) is 0 Å². The Balaban J connectivity index is 1.90. The molecule has 5 atom stereocenters. The number of phenolic OH excluding ortho intramolecular Hbond substituents is 2. The van der Waals surface area contributed by atoms with Crippen molar-refractivity contribution in [1.29, 1.82) is 0 Å². The largest absolute Gasteiger partial charge is 0.508 e. The number of hydrogen-bond acceptors (Lipinski definition) is 11. The SMILES string of the molecule is CNCCC[C@@H]1NC(=O)[C@@H](NC)Cc2cc(ccc2O)-c2ccc(O)c(c2)C[C@@H](C(=O)NCC(O)CNC(=O)[C@@H](N)CCCN)NC1=O. The summed E-state index contributed by atoms with van der Waals surface area (Å²) in [5.74, 6) is -2.27. The lowest BCUT2D eigenvalue weighted by atomic mass is 9.95. The van der Waals surface area contributed by atoms with Gasteiger partial charge in [-0.1, -0.05) is 12.1 Å². The molecular weight excluding hydrogens is 620 g/mol. The molecule has 0 aliphatic carbocycles. The number of rotatable bonds is 14. The Morgan fingerprint density at radius 1 is 0.917 bits per heavy atom. The summed E-state index contributed by atoms with van der Waals surface area (Å²) in [5, 5.41) is 48.6. The van der Waals surface area contributed by atoms with Gasteiger partial charge in [0, 0.05) is 25.9 Å². The van der Waals surface area contributed by atoms with Crippen molar-refractivity contribution in [2.75, 3.05) is 40.3 Å². The summed E-state index contributed by atoms with van der Waals surface area (Å²) in [4.78, 5) is 52.9. The average molecular weight is 671 g/mol. The molecule has 48 heavy (non-hydrogen) atoms. The molecule has 1 aliphatic rings. The molecule has 1 heterocycles. The molecule has 1 unspecified atom stereocenters. The zero-order chi connectivity index (χ0) is 35.2. The maximum absolute atomic E-state index is 13.7. The zero-order valence-corrected chi connectivity index (χ0v) is 27.6. The van der Waals surface area contributed by atoms with Gasteiger partial charge in [-0.3, -0.25) is 19.2 Å². The predicted molar refractivity (Wildman–Crippen MR) is 181 cm³/mol. The molecule has 0 saturated carbocycles. The highest BCUT2D eigenvalue weighted by Gasteiger charge is 2.30. The molecule has 2 aromatic carbocycles. The van der Waals surface area contributed by atoms with Gasteiger partial charge in [0.05, 0.1) is 18.2 Å². The standard InChI is InChI=1S/C33H50N8O7/c1-36-12-4-6-25-32(47)41-27(31(46)39-18-23(42)17-38-30(45)24(35)5-3-11-34)16-22-14-20(8-10-29(22)44)19-7-9-28(43)21(13-19)15-26(37-2)33(48)40-25/h7-10,13-14,23-27,36-37,42-44H,3-6,11-12,15-18,34-35H2,1-2H3,(H,38,45)(H,39,46)(H,40,48)(H,41,47)/t23?,24-,25-,26-,27-/m0/s1. The van der Waals surface area contributed by atoms with Gasteiger partial charge in [-0.25, -0.2) is 0 Å². The van der Waals surface area contributed by atoms with Crippen LogP contribution in [-0.2, 0) is 32.0 Å². The Bertz CT molecular complexity index is 1410. The normalized spacial score (nSPS) is 19.6. The van der Waals surface area contributed by atoms with Gasteiger partial charge in [-0.15, -0.1) is 0 Å². The van der Waals surface area contributed by atoms with Gasteiger partial charge >= 0.3 is 0 Å². The summed E-state index contributed by atoms with van der Waals surface area (Å²) in [5.41, 5.74) is 13.5. The minimum Gasteiger partial charge on any atom is -0.508 e. The van der Waals surface area contributed by atoms with Crippen LogP contribution in [0.3, 0.4) is 0 Å². The summed E-state index contributed by atoms with van der Waals surface area (Å²) < 4.78 is 0. The van der Waals surface area contributed by atoms with Crippen molar-refractivity contribution < 1.29 is 34.5 Å². The molecule has 0 saturated heterocycles. The number of nitrogens with one attached hydrogen (secondary N) is 6. The molecule has 3 rings (SSSR count). The van der Waals surface area contributed by atoms with Crippen molar-refractivity contribution in [2.24, 2.45) is 11.5 Å². The third kappa shape index (κ3) is 11.2. The van der Waals surface area contributed by atoms with Crippen molar-refractivity contribution in [3.05, 3.63) is 47.5 Å². The molecule has 0 spiro atoms. The third-order valence-corrected chi connectivity index (χ3v) is 8.27. The van der Waals surface area contributed by atoms with Crippen LogP contribution in [0.5, 0.6) is 11.5 Å². The Hall–Kier alpha value is -4.28. The van der Waals surface area contributed by atoms with Crippen LogP contribution in [-0.4, -0.2) is 109 Å². The maximum atomic E-state index is 13.7. The van der Waals surface area contributed by atoms with E-state index in [0.717, 1.165) is 0 Å². The van der Waals surface area contributed by atoms with Crippen LogP contribution in [0.2, 0.25) is 0 Å². The number of carbonyl (C=O) groups excluding carboxylic acids is 4. The van der Waals surface area contributed by atoms with Crippen LogP contribution in [0, 0.1) is 0 Å². The molecule has 0 aromatic heterocycles. The second-order valence-electron chi connectivity index (χ2n) is 12.0. The van der Waals surface area contributed by atoms with Crippen LogP contribution in [0.4, 0.5) is 0 Å². The smallest absolute Gasteiger partial charge is 0.243 e. The number of amides is 4. The molecule has 2 aromatic rings. The van der Waals surface area contributed by atoms with E-state index in [1.54, 1.807) is 38.4 Å². The molecule has 264 valence electrons. The Morgan fingerprint density at radius 2 is 1.54 bits per heavy atom. The van der Waals surface area contributed by atoms with Gasteiger partial charge in [0.25, 0.3) is 0 Å². The number of phenols is 2. The number of likely N-dealkylation sites (N-methyl/N-ethyl adjacent to an activating group) is 1. The van der Waals surface area contributed by atoms with E-state index in [1.807, 2.05) is 0 Å². The average Bonchev–Trinajstić information content (AvgIpc) is 3.07. The first kappa shape index (κ1) is 38.2. The number of aliphatic hydroxyl groups is 1. The van der Waals surface area contributed by atoms with E-state index >= 15 is 0 Å². The summed E-state index contributed by atoms with van der Waals surface area (Å²) in [6.45, 7) is 0.549. The van der Waals surface area contributed by atoms with Crippen LogP contribution in [0.1, 0.15) is 36.8 Å². The highest BCUT2D eigenvalue weighted by atomic mass is 16.3. The third-order valence-electron chi connectivity index (χ3n) is 8.27. The quantitative estimate of drug-likeness (QED) is 0.0988. The van der Waals surface area contributed by atoms with Gasteiger partial charge in [0.2, 0.25) is 23.6 Å². The van der Waals surface area contributed by atoms with Crippen LogP contribution in [0.25, 0.3) is 11.1 Å². The molecular formula is C33H50N8O7. The van der Waals surface area contributed by atoms with Crippen molar-refractivity contribution in [2.45, 2.75) is 68.8 Å². The highest BCUT2D eigenvalue weighted by molar-refractivity contribution is 5.93. The Morgan fingerprint density at radius 3 is 2.15 bits per heavy atom. The molecule has 0 fully saturated rings. The molecule has 15 heteroatoms. The summed E-state index contributed by atoms with van der Waals surface area (Å²) >= 11 is 0. The van der Waals surface area contributed by atoms with Crippen molar-refractivity contribution in [3.8, 4) is 22.6 Å². The number of benzene rings is 2. The second kappa shape index (κ2) is 18.9. The first-order valence-electron chi connectivity index (χ1n) is 16.2. The lowest BCUT2D eigenvalue weighted by Gasteiger charge is -2.25. The van der Waals surface area contributed by atoms with E-state index in [-0.39, 0.29) is 43.9 Å². The number of aliphatic hydroxyl groups excluding tert-OH is 1. The summed E-state index contributed by atoms with van der Waals surface area (Å²) in [7, 11) is 3.38. The van der Waals surface area contributed by atoms with Crippen LogP contribution in [0.15, 0.2) is 36.4 Å². The molecule has 15 nitrogen and oxygen atoms in total. The van der Waals surface area contributed by atoms with Crippen molar-refractivity contribution in [1.82, 2.24) is 31.9 Å². The first-order chi connectivity index (χ1) is 23.0. The molecule has 4 amide bonds. The van der Waals surface area contributed by atoms with Gasteiger partial charge in [-0.2, -0.15) is 0 Å². The summed E-state index contributed by atoms with van der Waals surface area (Å²) in [6, 6.07) is 6.07. The van der Waals surface area contributed by atoms with Crippen LogP contribution < -0.4 is 43.4 Å². The first-order valence-corrected chi connectivity index (χ1v) is 16.2. The van der Waals surface area contributed by atoms with Gasteiger partial charge in [0.15, 0.2) is 0 Å². The fourth-order valence-electron chi connectivity index (χ4n) is 5.36. The van der Waals surface area contributed by atoms with E-state index in [1.165, 1.54) is 12.1 Å². The molecule has 13 N–H and O–H groups in total. The number of aromatic hydroxyl groups is 2. The van der Waals surface area contributed by atoms with E-state index in [2.05, 4.69) is 31.9 Å². The van der Waals surface area contributed by atoms with E-state index in [0.29, 0.717) is 54.6 Å². The fraction of sp³-hybridized carbons (Fsp3) is 0.515. The lowest BCUT2D eigenvalue weighted by Crippen LogP contribution is -2.57. The topological polar surface area (TPSA) is 253 Å². The number of fused-ring (bicyclic) bond motifs is 5. The highest BCUT2D eigenvalue weighted by Crippen LogP contribution is 2.31. The van der Waals surface area contributed by atoms with Gasteiger partial charge < -0.3 is 58.7 Å². The lowest BCUT2D eigenvalue weighted by molar-refractivity contribution is -0.132. The monoisotopic (exact) mass is 670 g/mol. The molecule has 1 aliphatic heterocycles. The number of nitrogens with two attached hydrogens (primary N) is 2.